The Morgan fingerprint density at radius 2 is 2.42 bits per heavy atom. The van der Waals surface area contributed by atoms with Crippen LogP contribution in [0.15, 0.2) is 12.3 Å². The van der Waals surface area contributed by atoms with Crippen molar-refractivity contribution in [3.63, 3.8) is 0 Å². The summed E-state index contributed by atoms with van der Waals surface area (Å²) in [4.78, 5) is 13.5. The largest absolute Gasteiger partial charge is 0.543 e. The number of carboxylic acids is 1. The number of carboxylic acid groups (broad SMARTS) is 1. The highest BCUT2D eigenvalue weighted by molar-refractivity contribution is 5.83. The van der Waals surface area contributed by atoms with Crippen LogP contribution >= 0.6 is 0 Å². The minimum atomic E-state index is -1.64. The smallest absolute Gasteiger partial charge is 0.154 e. The summed E-state index contributed by atoms with van der Waals surface area (Å²) in [6.45, 7) is 0. The van der Waals surface area contributed by atoms with Crippen LogP contribution in [0.3, 0.4) is 0 Å². The maximum atomic E-state index is 12.7. The van der Waals surface area contributed by atoms with Gasteiger partial charge in [-0.25, -0.2) is 9.37 Å². The fourth-order valence-corrected chi connectivity index (χ4v) is 0.682. The number of aromatic carboxylic acids is 1. The molecule has 0 spiro atoms. The molecule has 0 N–H and O–H groups in total. The van der Waals surface area contributed by atoms with Crippen molar-refractivity contribution >= 4 is 5.97 Å². The van der Waals surface area contributed by atoms with Crippen molar-refractivity contribution in [3.05, 3.63) is 23.8 Å². The van der Waals surface area contributed by atoms with Gasteiger partial charge in [0, 0.05) is 6.07 Å². The van der Waals surface area contributed by atoms with E-state index in [4.69, 9.17) is 0 Å². The van der Waals surface area contributed by atoms with Crippen LogP contribution in [0.2, 0.25) is 0 Å². The summed E-state index contributed by atoms with van der Waals surface area (Å²) >= 11 is 0. The normalized spacial score (nSPS) is 9.50. The van der Waals surface area contributed by atoms with Crippen molar-refractivity contribution in [2.24, 2.45) is 0 Å². The molecule has 0 amide bonds. The maximum Gasteiger partial charge on any atom is 0.154 e. The van der Waals surface area contributed by atoms with E-state index in [1.807, 2.05) is 0 Å². The van der Waals surface area contributed by atoms with Crippen molar-refractivity contribution in [2.75, 3.05) is 7.11 Å². The molecule has 0 aliphatic rings. The number of carbonyl (C=O) groups excluding carboxylic acids is 1. The molecule has 0 saturated carbocycles. The van der Waals surface area contributed by atoms with Crippen LogP contribution in [-0.4, -0.2) is 18.1 Å². The zero-order valence-corrected chi connectivity index (χ0v) is 6.20. The van der Waals surface area contributed by atoms with Crippen LogP contribution in [0, 0.1) is 5.82 Å². The molecule has 0 aromatic carbocycles. The molecule has 1 aromatic rings. The highest BCUT2D eigenvalue weighted by Crippen LogP contribution is 2.12. The molecule has 64 valence electrons. The molecular formula is C7H5FNO3-. The van der Waals surface area contributed by atoms with Gasteiger partial charge in [-0.3, -0.25) is 0 Å². The van der Waals surface area contributed by atoms with E-state index in [9.17, 15) is 14.3 Å². The van der Waals surface area contributed by atoms with Gasteiger partial charge in [0.1, 0.15) is 11.4 Å². The van der Waals surface area contributed by atoms with Crippen molar-refractivity contribution in [1.82, 2.24) is 4.98 Å². The topological polar surface area (TPSA) is 62.2 Å². The van der Waals surface area contributed by atoms with Gasteiger partial charge in [0.15, 0.2) is 5.82 Å². The predicted molar refractivity (Wildman–Crippen MR) is 35.1 cm³/mol. The monoisotopic (exact) mass is 170 g/mol. The van der Waals surface area contributed by atoms with E-state index in [0.29, 0.717) is 0 Å². The van der Waals surface area contributed by atoms with Gasteiger partial charge >= 0.3 is 0 Å². The first-order valence-corrected chi connectivity index (χ1v) is 3.06. The third-order valence-corrected chi connectivity index (χ3v) is 1.25. The molecule has 0 aliphatic heterocycles. The molecule has 0 unspecified atom stereocenters. The lowest BCUT2D eigenvalue weighted by molar-refractivity contribution is -0.255. The highest BCUT2D eigenvalue weighted by atomic mass is 19.1. The van der Waals surface area contributed by atoms with E-state index in [1.165, 1.54) is 7.11 Å². The Balaban J connectivity index is 3.12. The zero-order chi connectivity index (χ0) is 9.14. The third kappa shape index (κ3) is 1.50. The fraction of sp³-hybridized carbons (Fsp3) is 0.143. The van der Waals surface area contributed by atoms with Crippen molar-refractivity contribution in [3.8, 4) is 5.75 Å². The van der Waals surface area contributed by atoms with Gasteiger partial charge in [0.05, 0.1) is 19.3 Å². The van der Waals surface area contributed by atoms with Gasteiger partial charge in [0.2, 0.25) is 0 Å². The lowest BCUT2D eigenvalue weighted by atomic mass is 10.3. The number of hydrogen-bond donors (Lipinski definition) is 0. The first kappa shape index (κ1) is 8.45. The number of ether oxygens (including phenoxy) is 1. The van der Waals surface area contributed by atoms with Crippen molar-refractivity contribution in [2.45, 2.75) is 0 Å². The highest BCUT2D eigenvalue weighted by Gasteiger charge is 2.05. The van der Waals surface area contributed by atoms with Crippen LogP contribution in [0.4, 0.5) is 4.39 Å². The van der Waals surface area contributed by atoms with Crippen molar-refractivity contribution < 1.29 is 19.0 Å². The minimum absolute atomic E-state index is 0.164. The first-order chi connectivity index (χ1) is 5.65. The Labute approximate surface area is 67.6 Å². The summed E-state index contributed by atoms with van der Waals surface area (Å²) in [6, 6.07) is 0.929. The Morgan fingerprint density at radius 3 is 2.83 bits per heavy atom. The summed E-state index contributed by atoms with van der Waals surface area (Å²) in [5.41, 5.74) is -0.712. The Morgan fingerprint density at radius 1 is 1.75 bits per heavy atom. The zero-order valence-electron chi connectivity index (χ0n) is 6.20. The molecular weight excluding hydrogens is 165 g/mol. The number of methoxy groups -OCH3 is 1. The summed E-state index contributed by atoms with van der Waals surface area (Å²) in [6.07, 6.45) is 1.11. The Bertz CT molecular complexity index is 314. The van der Waals surface area contributed by atoms with Crippen LogP contribution in [0.5, 0.6) is 5.75 Å². The fourth-order valence-electron chi connectivity index (χ4n) is 0.682. The third-order valence-electron chi connectivity index (χ3n) is 1.25. The minimum Gasteiger partial charge on any atom is -0.543 e. The molecule has 0 atom stereocenters. The van der Waals surface area contributed by atoms with Crippen molar-refractivity contribution in [1.29, 1.82) is 0 Å². The van der Waals surface area contributed by atoms with Crippen LogP contribution in [0.25, 0.3) is 0 Å². The Kier molecular flexibility index (Phi) is 2.23. The number of pyridine rings is 1. The van der Waals surface area contributed by atoms with Gasteiger partial charge < -0.3 is 14.6 Å². The standard InChI is InChI=1S/C7H6FNO3/c1-12-4-2-5(8)6(7(10)11)9-3-4/h2-3H,1H3,(H,10,11)/p-1. The van der Waals surface area contributed by atoms with Crippen LogP contribution in [-0.2, 0) is 0 Å². The second-order valence-electron chi connectivity index (χ2n) is 1.99. The van der Waals surface area contributed by atoms with E-state index in [0.717, 1.165) is 12.3 Å². The summed E-state index contributed by atoms with van der Waals surface area (Å²) in [7, 11) is 1.33. The second-order valence-corrected chi connectivity index (χ2v) is 1.99. The first-order valence-electron chi connectivity index (χ1n) is 3.06. The molecule has 12 heavy (non-hydrogen) atoms. The van der Waals surface area contributed by atoms with E-state index >= 15 is 0 Å². The number of carbonyl (C=O) groups is 1. The van der Waals surface area contributed by atoms with Gasteiger partial charge in [0.25, 0.3) is 0 Å². The summed E-state index contributed by atoms with van der Waals surface area (Å²) < 4.78 is 17.3. The lowest BCUT2D eigenvalue weighted by Crippen LogP contribution is -2.24. The predicted octanol–water partition coefficient (Wildman–Crippen LogP) is -0.407. The average Bonchev–Trinajstić information content (AvgIpc) is 2.03. The van der Waals surface area contributed by atoms with E-state index in [-0.39, 0.29) is 5.75 Å². The van der Waals surface area contributed by atoms with E-state index in [1.54, 1.807) is 0 Å². The van der Waals surface area contributed by atoms with Gasteiger partial charge in [-0.15, -0.1) is 0 Å². The molecule has 1 heterocycles. The number of nitrogens with zero attached hydrogens (tertiary/aromatic N) is 1. The maximum absolute atomic E-state index is 12.7. The van der Waals surface area contributed by atoms with Gasteiger partial charge in [-0.2, -0.15) is 0 Å². The Hall–Kier alpha value is -1.65. The second kappa shape index (κ2) is 3.17. The molecule has 5 heteroatoms. The molecule has 4 nitrogen and oxygen atoms in total. The molecule has 0 saturated heterocycles. The van der Waals surface area contributed by atoms with Crippen LogP contribution in [0.1, 0.15) is 10.5 Å². The SMILES string of the molecule is COc1cnc(C(=O)[O-])c(F)c1. The van der Waals surface area contributed by atoms with Gasteiger partial charge in [-0.1, -0.05) is 0 Å². The summed E-state index contributed by atoms with van der Waals surface area (Å²) in [5.74, 6) is -2.44. The number of hydrogen-bond acceptors (Lipinski definition) is 4. The molecule has 1 aromatic heterocycles. The quantitative estimate of drug-likeness (QED) is 0.605. The van der Waals surface area contributed by atoms with Gasteiger partial charge in [-0.05, 0) is 0 Å². The van der Waals surface area contributed by atoms with E-state index in [2.05, 4.69) is 9.72 Å². The lowest BCUT2D eigenvalue weighted by Gasteiger charge is -2.04. The number of aromatic nitrogens is 1. The van der Waals surface area contributed by atoms with E-state index < -0.39 is 17.5 Å². The van der Waals surface area contributed by atoms with Crippen LogP contribution < -0.4 is 9.84 Å². The molecule has 0 radical (unpaired) electrons. The number of rotatable bonds is 2. The molecule has 0 bridgehead atoms. The molecule has 0 fully saturated rings. The molecule has 0 aliphatic carbocycles. The summed E-state index contributed by atoms with van der Waals surface area (Å²) in [5, 5.41) is 10.2. The average molecular weight is 170 g/mol. The molecule has 1 rings (SSSR count). The number of halogens is 1.